The summed E-state index contributed by atoms with van der Waals surface area (Å²) >= 11 is 1.28. The molecule has 2 aromatic heterocycles. The van der Waals surface area contributed by atoms with Crippen molar-refractivity contribution >= 4 is 23.6 Å². The number of amides is 1. The molecule has 0 bridgehead atoms. The fraction of sp³-hybridized carbons (Fsp3) is 0.333. The third-order valence-electron chi connectivity index (χ3n) is 2.39. The SMILES string of the molecule is CC(=O)N[C@@H](CSCc1noc(-c2ccco2)n1)C(=O)O. The highest BCUT2D eigenvalue weighted by atomic mass is 32.2. The Morgan fingerprint density at radius 1 is 1.52 bits per heavy atom. The first-order chi connectivity index (χ1) is 10.1. The van der Waals surface area contributed by atoms with Crippen LogP contribution in [-0.4, -0.2) is 38.9 Å². The van der Waals surface area contributed by atoms with Crippen LogP contribution in [0.3, 0.4) is 0 Å². The first kappa shape index (κ1) is 15.1. The highest BCUT2D eigenvalue weighted by Gasteiger charge is 2.19. The van der Waals surface area contributed by atoms with Crippen molar-refractivity contribution in [3.05, 3.63) is 24.2 Å². The molecule has 2 rings (SSSR count). The van der Waals surface area contributed by atoms with Crippen LogP contribution in [0.25, 0.3) is 11.7 Å². The predicted octanol–water partition coefficient (Wildman–Crippen LogP) is 1.15. The van der Waals surface area contributed by atoms with E-state index in [9.17, 15) is 9.59 Å². The molecular weight excluding hydrogens is 298 g/mol. The van der Waals surface area contributed by atoms with E-state index >= 15 is 0 Å². The summed E-state index contributed by atoms with van der Waals surface area (Å²) in [6.07, 6.45) is 1.50. The molecule has 0 spiro atoms. The summed E-state index contributed by atoms with van der Waals surface area (Å²) in [5.41, 5.74) is 0. The minimum absolute atomic E-state index is 0.208. The van der Waals surface area contributed by atoms with Gasteiger partial charge < -0.3 is 19.4 Å². The zero-order valence-corrected chi connectivity index (χ0v) is 11.9. The minimum atomic E-state index is -1.08. The van der Waals surface area contributed by atoms with Crippen LogP contribution in [0, 0.1) is 0 Å². The van der Waals surface area contributed by atoms with Crippen molar-refractivity contribution in [2.45, 2.75) is 18.7 Å². The van der Waals surface area contributed by atoms with E-state index in [4.69, 9.17) is 14.0 Å². The van der Waals surface area contributed by atoms with Gasteiger partial charge in [-0.25, -0.2) is 4.79 Å². The molecule has 1 amide bonds. The maximum absolute atomic E-state index is 10.9. The summed E-state index contributed by atoms with van der Waals surface area (Å²) in [6.45, 7) is 1.27. The number of nitrogens with zero attached hydrogens (tertiary/aromatic N) is 2. The molecule has 9 heteroatoms. The van der Waals surface area contributed by atoms with E-state index in [2.05, 4.69) is 15.5 Å². The maximum atomic E-state index is 10.9. The fourth-order valence-electron chi connectivity index (χ4n) is 1.50. The van der Waals surface area contributed by atoms with Crippen LogP contribution in [0.15, 0.2) is 27.3 Å². The highest BCUT2D eigenvalue weighted by molar-refractivity contribution is 7.98. The summed E-state index contributed by atoms with van der Waals surface area (Å²) in [6, 6.07) is 2.46. The molecule has 0 aliphatic heterocycles. The van der Waals surface area contributed by atoms with Gasteiger partial charge in [-0.3, -0.25) is 4.79 Å². The summed E-state index contributed by atoms with van der Waals surface area (Å²) in [5, 5.41) is 15.1. The van der Waals surface area contributed by atoms with Gasteiger partial charge in [-0.05, 0) is 12.1 Å². The van der Waals surface area contributed by atoms with Crippen molar-refractivity contribution < 1.29 is 23.6 Å². The van der Waals surface area contributed by atoms with E-state index in [0.29, 0.717) is 17.3 Å². The zero-order chi connectivity index (χ0) is 15.2. The molecule has 0 saturated carbocycles. The molecule has 0 unspecified atom stereocenters. The summed E-state index contributed by atoms with van der Waals surface area (Å²) in [7, 11) is 0. The highest BCUT2D eigenvalue weighted by Crippen LogP contribution is 2.19. The van der Waals surface area contributed by atoms with Crippen LogP contribution in [0.2, 0.25) is 0 Å². The molecule has 0 saturated heterocycles. The second kappa shape index (κ2) is 6.93. The molecule has 0 aliphatic carbocycles. The van der Waals surface area contributed by atoms with Crippen LogP contribution >= 0.6 is 11.8 Å². The van der Waals surface area contributed by atoms with Gasteiger partial charge in [-0.15, -0.1) is 0 Å². The lowest BCUT2D eigenvalue weighted by atomic mass is 10.3. The van der Waals surface area contributed by atoms with Crippen molar-refractivity contribution in [1.82, 2.24) is 15.5 Å². The lowest BCUT2D eigenvalue weighted by Gasteiger charge is -2.11. The van der Waals surface area contributed by atoms with Crippen molar-refractivity contribution in [2.75, 3.05) is 5.75 Å². The largest absolute Gasteiger partial charge is 0.480 e. The van der Waals surface area contributed by atoms with Gasteiger partial charge in [-0.2, -0.15) is 16.7 Å². The Labute approximate surface area is 123 Å². The first-order valence-corrected chi connectivity index (χ1v) is 7.16. The van der Waals surface area contributed by atoms with E-state index in [-0.39, 0.29) is 17.6 Å². The fourth-order valence-corrected chi connectivity index (χ4v) is 2.38. The molecule has 8 nitrogen and oxygen atoms in total. The standard InChI is InChI=1S/C12H13N3O5S/c1-7(16)13-8(12(17)18)5-21-6-10-14-11(20-15-10)9-3-2-4-19-9/h2-4,8H,5-6H2,1H3,(H,13,16)(H,17,18)/t8-/m0/s1. The van der Waals surface area contributed by atoms with Gasteiger partial charge in [0, 0.05) is 12.7 Å². The van der Waals surface area contributed by atoms with E-state index < -0.39 is 12.0 Å². The Kier molecular flexibility index (Phi) is 4.99. The number of carbonyl (C=O) groups is 2. The van der Waals surface area contributed by atoms with Crippen LogP contribution < -0.4 is 5.32 Å². The number of furan rings is 1. The average Bonchev–Trinajstić information content (AvgIpc) is 3.07. The van der Waals surface area contributed by atoms with E-state index in [1.807, 2.05) is 0 Å². The van der Waals surface area contributed by atoms with Gasteiger partial charge in [0.1, 0.15) is 6.04 Å². The third-order valence-corrected chi connectivity index (χ3v) is 3.42. The third kappa shape index (κ3) is 4.35. The summed E-state index contributed by atoms with van der Waals surface area (Å²) < 4.78 is 10.1. The monoisotopic (exact) mass is 311 g/mol. The molecule has 2 aromatic rings. The molecule has 1 atom stereocenters. The first-order valence-electron chi connectivity index (χ1n) is 6.00. The van der Waals surface area contributed by atoms with Crippen LogP contribution in [-0.2, 0) is 15.3 Å². The molecule has 2 N–H and O–H groups in total. The minimum Gasteiger partial charge on any atom is -0.480 e. The van der Waals surface area contributed by atoms with Gasteiger partial charge in [0.05, 0.1) is 12.0 Å². The van der Waals surface area contributed by atoms with E-state index in [0.717, 1.165) is 0 Å². The molecule has 112 valence electrons. The summed E-state index contributed by atoms with van der Waals surface area (Å²) in [5.74, 6) is 0.281. The number of nitrogens with one attached hydrogen (secondary N) is 1. The molecule has 2 heterocycles. The second-order valence-corrected chi connectivity index (χ2v) is 5.13. The number of aromatic nitrogens is 2. The number of thioether (sulfide) groups is 1. The smallest absolute Gasteiger partial charge is 0.327 e. The number of carboxylic acid groups (broad SMARTS) is 1. The lowest BCUT2D eigenvalue weighted by Crippen LogP contribution is -2.41. The molecular formula is C12H13N3O5S. The van der Waals surface area contributed by atoms with E-state index in [1.54, 1.807) is 12.1 Å². The van der Waals surface area contributed by atoms with Crippen molar-refractivity contribution in [1.29, 1.82) is 0 Å². The molecule has 0 aliphatic rings. The van der Waals surface area contributed by atoms with Crippen molar-refractivity contribution in [3.63, 3.8) is 0 Å². The number of carbonyl (C=O) groups excluding carboxylic acids is 1. The second-order valence-electron chi connectivity index (χ2n) is 4.10. The van der Waals surface area contributed by atoms with E-state index in [1.165, 1.54) is 24.9 Å². The lowest BCUT2D eigenvalue weighted by molar-refractivity contribution is -0.140. The molecule has 0 aromatic carbocycles. The Morgan fingerprint density at radius 2 is 2.33 bits per heavy atom. The van der Waals surface area contributed by atoms with Crippen LogP contribution in [0.1, 0.15) is 12.7 Å². The zero-order valence-electron chi connectivity index (χ0n) is 11.1. The number of aliphatic carboxylic acids is 1. The van der Waals surface area contributed by atoms with Crippen molar-refractivity contribution in [3.8, 4) is 11.7 Å². The van der Waals surface area contributed by atoms with Crippen molar-refractivity contribution in [2.24, 2.45) is 0 Å². The molecule has 21 heavy (non-hydrogen) atoms. The van der Waals surface area contributed by atoms with Gasteiger partial charge in [-0.1, -0.05) is 5.16 Å². The number of hydrogen-bond donors (Lipinski definition) is 2. The summed E-state index contributed by atoms with van der Waals surface area (Å²) in [4.78, 5) is 26.0. The average molecular weight is 311 g/mol. The van der Waals surface area contributed by atoms with Gasteiger partial charge in [0.25, 0.3) is 5.89 Å². The topological polar surface area (TPSA) is 118 Å². The quantitative estimate of drug-likeness (QED) is 0.781. The molecule has 0 radical (unpaired) electrons. The Bertz CT molecular complexity index is 610. The Balaban J connectivity index is 1.85. The van der Waals surface area contributed by atoms with Gasteiger partial charge in [0.15, 0.2) is 11.6 Å². The number of hydrogen-bond acceptors (Lipinski definition) is 7. The van der Waals surface area contributed by atoms with Gasteiger partial charge in [0.2, 0.25) is 5.91 Å². The normalized spacial score (nSPS) is 12.0. The Hall–Kier alpha value is -2.29. The Morgan fingerprint density at radius 3 is 2.95 bits per heavy atom. The van der Waals surface area contributed by atoms with Crippen LogP contribution in [0.4, 0.5) is 0 Å². The van der Waals surface area contributed by atoms with Gasteiger partial charge >= 0.3 is 5.97 Å². The maximum Gasteiger partial charge on any atom is 0.327 e. The molecule has 0 fully saturated rings. The predicted molar refractivity (Wildman–Crippen MR) is 73.4 cm³/mol. The van der Waals surface area contributed by atoms with Crippen LogP contribution in [0.5, 0.6) is 0 Å². The number of carboxylic acids is 1. The number of rotatable bonds is 7.